The largest absolute Gasteiger partial charge is 0.293 e. The SMILES string of the molecule is O=C(Cc1ccc2c(c1)CCC2)c1sccc1Cl. The Morgan fingerprint density at radius 1 is 1.22 bits per heavy atom. The van der Waals surface area contributed by atoms with Crippen LogP contribution in [0.3, 0.4) is 0 Å². The second-order valence-electron chi connectivity index (χ2n) is 4.65. The molecule has 0 spiro atoms. The smallest absolute Gasteiger partial charge is 0.178 e. The van der Waals surface area contributed by atoms with Gasteiger partial charge in [0.05, 0.1) is 9.90 Å². The van der Waals surface area contributed by atoms with Gasteiger partial charge in [-0.05, 0) is 47.4 Å². The summed E-state index contributed by atoms with van der Waals surface area (Å²) >= 11 is 7.41. The van der Waals surface area contributed by atoms with E-state index in [0.29, 0.717) is 16.3 Å². The first-order chi connectivity index (χ1) is 8.74. The lowest BCUT2D eigenvalue weighted by molar-refractivity contribution is 0.0997. The minimum atomic E-state index is 0.118. The number of fused-ring (bicyclic) bond motifs is 1. The fourth-order valence-electron chi connectivity index (χ4n) is 2.49. The second kappa shape index (κ2) is 4.87. The fourth-order valence-corrected chi connectivity index (χ4v) is 3.59. The molecule has 1 aromatic carbocycles. The molecule has 0 unspecified atom stereocenters. The predicted molar refractivity (Wildman–Crippen MR) is 75.8 cm³/mol. The second-order valence-corrected chi connectivity index (χ2v) is 5.98. The van der Waals surface area contributed by atoms with Crippen molar-refractivity contribution in [1.29, 1.82) is 0 Å². The van der Waals surface area contributed by atoms with Crippen LogP contribution in [-0.4, -0.2) is 5.78 Å². The monoisotopic (exact) mass is 276 g/mol. The number of Topliss-reactive ketones (excluding diaryl/α,β-unsaturated/α-hetero) is 1. The lowest BCUT2D eigenvalue weighted by Crippen LogP contribution is -2.02. The highest BCUT2D eigenvalue weighted by Crippen LogP contribution is 2.26. The van der Waals surface area contributed by atoms with E-state index in [1.54, 1.807) is 6.07 Å². The first-order valence-corrected chi connectivity index (χ1v) is 7.36. The first kappa shape index (κ1) is 11.9. The van der Waals surface area contributed by atoms with Crippen LogP contribution in [0.1, 0.15) is 32.8 Å². The number of halogens is 1. The van der Waals surface area contributed by atoms with Gasteiger partial charge in [0.2, 0.25) is 0 Å². The van der Waals surface area contributed by atoms with E-state index in [1.165, 1.54) is 35.3 Å². The number of carbonyl (C=O) groups is 1. The third kappa shape index (κ3) is 2.23. The van der Waals surface area contributed by atoms with Gasteiger partial charge in [-0.15, -0.1) is 11.3 Å². The highest BCUT2D eigenvalue weighted by Gasteiger charge is 2.15. The molecular formula is C15H13ClOS. The van der Waals surface area contributed by atoms with Crippen molar-refractivity contribution in [1.82, 2.24) is 0 Å². The molecular weight excluding hydrogens is 264 g/mol. The Morgan fingerprint density at radius 3 is 2.83 bits per heavy atom. The van der Waals surface area contributed by atoms with Crippen molar-refractivity contribution in [2.75, 3.05) is 0 Å². The molecule has 0 radical (unpaired) electrons. The fraction of sp³-hybridized carbons (Fsp3) is 0.267. The minimum Gasteiger partial charge on any atom is -0.293 e. The van der Waals surface area contributed by atoms with Crippen LogP contribution in [0.15, 0.2) is 29.6 Å². The molecule has 0 fully saturated rings. The normalized spacial score (nSPS) is 13.6. The Morgan fingerprint density at radius 2 is 2.06 bits per heavy atom. The lowest BCUT2D eigenvalue weighted by atomic mass is 10.0. The van der Waals surface area contributed by atoms with Gasteiger partial charge in [-0.3, -0.25) is 4.79 Å². The highest BCUT2D eigenvalue weighted by atomic mass is 35.5. The molecule has 2 aromatic rings. The number of carbonyl (C=O) groups excluding carboxylic acids is 1. The van der Waals surface area contributed by atoms with Gasteiger partial charge in [0.25, 0.3) is 0 Å². The lowest BCUT2D eigenvalue weighted by Gasteiger charge is -2.04. The third-order valence-electron chi connectivity index (χ3n) is 3.40. The number of ketones is 1. The molecule has 0 saturated carbocycles. The van der Waals surface area contributed by atoms with E-state index in [4.69, 9.17) is 11.6 Å². The topological polar surface area (TPSA) is 17.1 Å². The van der Waals surface area contributed by atoms with Gasteiger partial charge in [0, 0.05) is 6.42 Å². The quantitative estimate of drug-likeness (QED) is 0.763. The summed E-state index contributed by atoms with van der Waals surface area (Å²) in [5.41, 5.74) is 3.96. The van der Waals surface area contributed by atoms with E-state index < -0.39 is 0 Å². The van der Waals surface area contributed by atoms with Gasteiger partial charge in [0.1, 0.15) is 0 Å². The summed E-state index contributed by atoms with van der Waals surface area (Å²) in [6, 6.07) is 8.20. The van der Waals surface area contributed by atoms with E-state index in [9.17, 15) is 4.79 Å². The number of aryl methyl sites for hydroxylation is 2. The first-order valence-electron chi connectivity index (χ1n) is 6.11. The zero-order valence-corrected chi connectivity index (χ0v) is 11.5. The Balaban J connectivity index is 1.81. The standard InChI is InChI=1S/C15H13ClOS/c16-13-6-7-18-15(13)14(17)9-10-4-5-11-2-1-3-12(11)8-10/h4-8H,1-3,9H2. The molecule has 0 aliphatic heterocycles. The van der Waals surface area contributed by atoms with E-state index in [1.807, 2.05) is 5.38 Å². The van der Waals surface area contributed by atoms with Crippen molar-refractivity contribution < 1.29 is 4.79 Å². The highest BCUT2D eigenvalue weighted by molar-refractivity contribution is 7.12. The zero-order chi connectivity index (χ0) is 12.5. The number of hydrogen-bond acceptors (Lipinski definition) is 2. The summed E-state index contributed by atoms with van der Waals surface area (Å²) in [5.74, 6) is 0.118. The van der Waals surface area contributed by atoms with Crippen molar-refractivity contribution in [2.45, 2.75) is 25.7 Å². The summed E-state index contributed by atoms with van der Waals surface area (Å²) < 4.78 is 0. The summed E-state index contributed by atoms with van der Waals surface area (Å²) in [5, 5.41) is 2.43. The van der Waals surface area contributed by atoms with Crippen molar-refractivity contribution >= 4 is 28.7 Å². The maximum atomic E-state index is 12.1. The summed E-state index contributed by atoms with van der Waals surface area (Å²) in [7, 11) is 0. The number of thiophene rings is 1. The van der Waals surface area contributed by atoms with Gasteiger partial charge in [-0.25, -0.2) is 0 Å². The molecule has 0 N–H and O–H groups in total. The molecule has 0 atom stereocenters. The van der Waals surface area contributed by atoms with Crippen molar-refractivity contribution in [3.05, 3.63) is 56.2 Å². The van der Waals surface area contributed by atoms with Crippen LogP contribution in [0.2, 0.25) is 5.02 Å². The minimum absolute atomic E-state index is 0.118. The maximum absolute atomic E-state index is 12.1. The number of benzene rings is 1. The van der Waals surface area contributed by atoms with E-state index in [0.717, 1.165) is 12.0 Å². The average molecular weight is 277 g/mol. The maximum Gasteiger partial charge on any atom is 0.178 e. The molecule has 1 nitrogen and oxygen atoms in total. The molecule has 0 amide bonds. The Hall–Kier alpha value is -1.12. The predicted octanol–water partition coefficient (Wildman–Crippen LogP) is 4.32. The van der Waals surface area contributed by atoms with Gasteiger partial charge in [-0.2, -0.15) is 0 Å². The number of rotatable bonds is 3. The molecule has 3 rings (SSSR count). The average Bonchev–Trinajstić information content (AvgIpc) is 2.96. The van der Waals surface area contributed by atoms with Crippen LogP contribution in [0.25, 0.3) is 0 Å². The van der Waals surface area contributed by atoms with Gasteiger partial charge in [0.15, 0.2) is 5.78 Å². The molecule has 0 saturated heterocycles. The van der Waals surface area contributed by atoms with Crippen LogP contribution < -0.4 is 0 Å². The van der Waals surface area contributed by atoms with Crippen molar-refractivity contribution in [2.24, 2.45) is 0 Å². The van der Waals surface area contributed by atoms with Gasteiger partial charge in [-0.1, -0.05) is 29.8 Å². The van der Waals surface area contributed by atoms with E-state index in [2.05, 4.69) is 18.2 Å². The molecule has 1 heterocycles. The van der Waals surface area contributed by atoms with Crippen LogP contribution in [-0.2, 0) is 19.3 Å². The van der Waals surface area contributed by atoms with Crippen LogP contribution >= 0.6 is 22.9 Å². The van der Waals surface area contributed by atoms with Crippen LogP contribution in [0.5, 0.6) is 0 Å². The molecule has 1 aliphatic carbocycles. The Kier molecular flexibility index (Phi) is 3.23. The summed E-state index contributed by atoms with van der Waals surface area (Å²) in [6.07, 6.45) is 4.02. The van der Waals surface area contributed by atoms with Crippen molar-refractivity contribution in [3.8, 4) is 0 Å². The van der Waals surface area contributed by atoms with Crippen LogP contribution in [0, 0.1) is 0 Å². The zero-order valence-electron chi connectivity index (χ0n) is 9.91. The molecule has 18 heavy (non-hydrogen) atoms. The summed E-state index contributed by atoms with van der Waals surface area (Å²) in [4.78, 5) is 12.8. The third-order valence-corrected chi connectivity index (χ3v) is 4.78. The Labute approximate surface area is 115 Å². The molecule has 0 bridgehead atoms. The Bertz CT molecular complexity index is 600. The molecule has 92 valence electrons. The van der Waals surface area contributed by atoms with Gasteiger partial charge >= 0.3 is 0 Å². The van der Waals surface area contributed by atoms with Gasteiger partial charge < -0.3 is 0 Å². The molecule has 1 aliphatic rings. The van der Waals surface area contributed by atoms with E-state index >= 15 is 0 Å². The molecule has 3 heteroatoms. The number of hydrogen-bond donors (Lipinski definition) is 0. The molecule has 1 aromatic heterocycles. The summed E-state index contributed by atoms with van der Waals surface area (Å²) in [6.45, 7) is 0. The van der Waals surface area contributed by atoms with Crippen LogP contribution in [0.4, 0.5) is 0 Å². The van der Waals surface area contributed by atoms with Crippen molar-refractivity contribution in [3.63, 3.8) is 0 Å². The van der Waals surface area contributed by atoms with E-state index in [-0.39, 0.29) is 5.78 Å².